The summed E-state index contributed by atoms with van der Waals surface area (Å²) < 4.78 is 5.18. The number of carbonyl (C=O) groups excluding carboxylic acids is 1. The van der Waals surface area contributed by atoms with Gasteiger partial charge in [0.25, 0.3) is 0 Å². The lowest BCUT2D eigenvalue weighted by molar-refractivity contribution is -0.131. The van der Waals surface area contributed by atoms with Crippen LogP contribution in [0.25, 0.3) is 11.3 Å². The molecule has 7 nitrogen and oxygen atoms in total. The normalized spacial score (nSPS) is 17.2. The Morgan fingerprint density at radius 3 is 2.84 bits per heavy atom. The van der Waals surface area contributed by atoms with Crippen LogP contribution < -0.4 is 5.73 Å². The molecule has 2 N–H and O–H groups in total. The summed E-state index contributed by atoms with van der Waals surface area (Å²) in [5, 5.41) is 3.95. The molecule has 0 spiro atoms. The maximum Gasteiger partial charge on any atom is 0.224 e. The van der Waals surface area contributed by atoms with E-state index in [1.54, 1.807) is 6.20 Å². The van der Waals surface area contributed by atoms with Crippen LogP contribution in [0.5, 0.6) is 0 Å². The molecule has 0 bridgehead atoms. The zero-order valence-corrected chi connectivity index (χ0v) is 14.9. The third-order valence-electron chi connectivity index (χ3n) is 4.78. The van der Waals surface area contributed by atoms with E-state index in [1.807, 2.05) is 24.9 Å². The van der Waals surface area contributed by atoms with Crippen LogP contribution in [0.2, 0.25) is 0 Å². The topological polar surface area (TPSA) is 98.1 Å². The van der Waals surface area contributed by atoms with Crippen molar-refractivity contribution in [2.24, 2.45) is 5.73 Å². The van der Waals surface area contributed by atoms with Gasteiger partial charge in [0.05, 0.1) is 28.8 Å². The van der Waals surface area contributed by atoms with E-state index in [-0.39, 0.29) is 5.91 Å². The lowest BCUT2D eigenvalue weighted by Crippen LogP contribution is -2.36. The summed E-state index contributed by atoms with van der Waals surface area (Å²) in [6.07, 6.45) is 7.86. The Morgan fingerprint density at radius 1 is 1.36 bits per heavy atom. The third kappa shape index (κ3) is 3.87. The number of hydrogen-bond acceptors (Lipinski definition) is 6. The SMILES string of the molecule is Cc1noc(C)c1-c1cnc(CC[C@H]2CCCN2C(=O)CCN)cn1. The van der Waals surface area contributed by atoms with Gasteiger partial charge < -0.3 is 15.2 Å². The zero-order chi connectivity index (χ0) is 17.8. The standard InChI is InChI=1S/C18H25N5O2/c1-12-18(13(2)25-22-12)16-11-20-14(10-21-16)5-6-15-4-3-9-23(15)17(24)7-8-19/h10-11,15H,3-9,19H2,1-2H3/t15-/m1/s1. The fourth-order valence-corrected chi connectivity index (χ4v) is 3.51. The molecule has 1 fully saturated rings. The number of aryl methyl sites for hydroxylation is 3. The smallest absolute Gasteiger partial charge is 0.224 e. The Bertz CT molecular complexity index is 706. The second-order valence-electron chi connectivity index (χ2n) is 6.55. The number of nitrogens with zero attached hydrogens (tertiary/aromatic N) is 4. The Kier molecular flexibility index (Phi) is 5.43. The molecular formula is C18H25N5O2. The molecule has 1 aliphatic heterocycles. The minimum Gasteiger partial charge on any atom is -0.361 e. The van der Waals surface area contributed by atoms with E-state index in [0.717, 1.165) is 60.6 Å². The summed E-state index contributed by atoms with van der Waals surface area (Å²) in [5.74, 6) is 0.921. The van der Waals surface area contributed by atoms with E-state index in [1.165, 1.54) is 0 Å². The van der Waals surface area contributed by atoms with Crippen molar-refractivity contribution in [3.8, 4) is 11.3 Å². The first-order valence-corrected chi connectivity index (χ1v) is 8.84. The first-order valence-electron chi connectivity index (χ1n) is 8.84. The highest BCUT2D eigenvalue weighted by Gasteiger charge is 2.27. The van der Waals surface area contributed by atoms with Crippen LogP contribution in [0, 0.1) is 13.8 Å². The number of likely N-dealkylation sites (tertiary alicyclic amines) is 1. The van der Waals surface area contributed by atoms with Gasteiger partial charge in [-0.15, -0.1) is 0 Å². The van der Waals surface area contributed by atoms with Gasteiger partial charge >= 0.3 is 0 Å². The van der Waals surface area contributed by atoms with E-state index < -0.39 is 0 Å². The molecule has 1 saturated heterocycles. The Morgan fingerprint density at radius 2 is 2.20 bits per heavy atom. The number of aromatic nitrogens is 3. The van der Waals surface area contributed by atoms with E-state index in [0.29, 0.717) is 19.0 Å². The molecule has 3 rings (SSSR count). The van der Waals surface area contributed by atoms with Gasteiger partial charge in [0, 0.05) is 31.7 Å². The Labute approximate surface area is 147 Å². The molecule has 0 unspecified atom stereocenters. The number of nitrogens with two attached hydrogens (primary N) is 1. The quantitative estimate of drug-likeness (QED) is 0.861. The summed E-state index contributed by atoms with van der Waals surface area (Å²) in [4.78, 5) is 23.1. The van der Waals surface area contributed by atoms with Gasteiger partial charge in [0.2, 0.25) is 5.91 Å². The highest BCUT2D eigenvalue weighted by Crippen LogP contribution is 2.25. The van der Waals surface area contributed by atoms with Gasteiger partial charge in [-0.05, 0) is 39.5 Å². The van der Waals surface area contributed by atoms with Gasteiger partial charge in [-0.1, -0.05) is 5.16 Å². The molecule has 3 heterocycles. The predicted octanol–water partition coefficient (Wildman–Crippen LogP) is 2.02. The molecule has 2 aromatic heterocycles. The fourth-order valence-electron chi connectivity index (χ4n) is 3.51. The maximum atomic E-state index is 12.1. The first kappa shape index (κ1) is 17.5. The molecule has 1 atom stereocenters. The number of amides is 1. The van der Waals surface area contributed by atoms with E-state index in [9.17, 15) is 4.79 Å². The van der Waals surface area contributed by atoms with Gasteiger partial charge in [0.1, 0.15) is 5.76 Å². The van der Waals surface area contributed by atoms with Crippen LogP contribution in [0.4, 0.5) is 0 Å². The molecule has 0 radical (unpaired) electrons. The molecular weight excluding hydrogens is 318 g/mol. The number of carbonyl (C=O) groups is 1. The first-order chi connectivity index (χ1) is 12.1. The van der Waals surface area contributed by atoms with Crippen LogP contribution >= 0.6 is 0 Å². The second kappa shape index (κ2) is 7.74. The zero-order valence-electron chi connectivity index (χ0n) is 14.9. The molecule has 0 saturated carbocycles. The summed E-state index contributed by atoms with van der Waals surface area (Å²) in [5.41, 5.74) is 8.95. The van der Waals surface area contributed by atoms with Crippen molar-refractivity contribution < 1.29 is 9.32 Å². The van der Waals surface area contributed by atoms with E-state index in [4.69, 9.17) is 10.3 Å². The highest BCUT2D eigenvalue weighted by atomic mass is 16.5. The molecule has 0 aromatic carbocycles. The average molecular weight is 343 g/mol. The molecule has 25 heavy (non-hydrogen) atoms. The van der Waals surface area contributed by atoms with Crippen molar-refractivity contribution in [3.63, 3.8) is 0 Å². The van der Waals surface area contributed by atoms with Gasteiger partial charge in [-0.2, -0.15) is 0 Å². The molecule has 2 aromatic rings. The van der Waals surface area contributed by atoms with Crippen molar-refractivity contribution >= 4 is 5.91 Å². The van der Waals surface area contributed by atoms with Crippen LogP contribution in [0.15, 0.2) is 16.9 Å². The summed E-state index contributed by atoms with van der Waals surface area (Å²) in [6.45, 7) is 5.03. The maximum absolute atomic E-state index is 12.1. The Hall–Kier alpha value is -2.28. The number of rotatable bonds is 6. The van der Waals surface area contributed by atoms with Crippen molar-refractivity contribution in [2.75, 3.05) is 13.1 Å². The average Bonchev–Trinajstić information content (AvgIpc) is 3.20. The minimum absolute atomic E-state index is 0.171. The van der Waals surface area contributed by atoms with Crippen molar-refractivity contribution in [2.45, 2.75) is 52.0 Å². The minimum atomic E-state index is 0.171. The van der Waals surface area contributed by atoms with Gasteiger partial charge in [-0.3, -0.25) is 14.8 Å². The summed E-state index contributed by atoms with van der Waals surface area (Å²) >= 11 is 0. The Balaban J connectivity index is 1.61. The third-order valence-corrected chi connectivity index (χ3v) is 4.78. The van der Waals surface area contributed by atoms with Crippen molar-refractivity contribution in [3.05, 3.63) is 29.5 Å². The highest BCUT2D eigenvalue weighted by molar-refractivity contribution is 5.77. The van der Waals surface area contributed by atoms with Crippen molar-refractivity contribution in [1.29, 1.82) is 0 Å². The monoisotopic (exact) mass is 343 g/mol. The molecule has 0 aliphatic carbocycles. The van der Waals surface area contributed by atoms with Crippen LogP contribution in [-0.2, 0) is 11.2 Å². The largest absolute Gasteiger partial charge is 0.361 e. The van der Waals surface area contributed by atoms with E-state index in [2.05, 4.69) is 15.1 Å². The van der Waals surface area contributed by atoms with Crippen LogP contribution in [-0.4, -0.2) is 45.1 Å². The van der Waals surface area contributed by atoms with Crippen molar-refractivity contribution in [1.82, 2.24) is 20.0 Å². The lowest BCUT2D eigenvalue weighted by Gasteiger charge is -2.24. The summed E-state index contributed by atoms with van der Waals surface area (Å²) in [6, 6.07) is 0.295. The molecule has 1 aliphatic rings. The molecule has 7 heteroatoms. The van der Waals surface area contributed by atoms with Gasteiger partial charge in [-0.25, -0.2) is 0 Å². The molecule has 1 amide bonds. The fraction of sp³-hybridized carbons (Fsp3) is 0.556. The van der Waals surface area contributed by atoms with Crippen LogP contribution in [0.3, 0.4) is 0 Å². The van der Waals surface area contributed by atoms with Crippen LogP contribution in [0.1, 0.15) is 42.8 Å². The van der Waals surface area contributed by atoms with Gasteiger partial charge in [0.15, 0.2) is 0 Å². The number of hydrogen-bond donors (Lipinski definition) is 1. The second-order valence-corrected chi connectivity index (χ2v) is 6.55. The predicted molar refractivity (Wildman–Crippen MR) is 93.7 cm³/mol. The molecule has 134 valence electrons. The summed E-state index contributed by atoms with van der Waals surface area (Å²) in [7, 11) is 0. The van der Waals surface area contributed by atoms with E-state index >= 15 is 0 Å². The lowest BCUT2D eigenvalue weighted by atomic mass is 10.1.